The fourth-order valence-corrected chi connectivity index (χ4v) is 1.48. The number of carbonyl (C=O) groups is 2. The molecule has 0 fully saturated rings. The Morgan fingerprint density at radius 1 is 1.47 bits per heavy atom. The van der Waals surface area contributed by atoms with Crippen molar-refractivity contribution in [2.24, 2.45) is 5.73 Å². The second-order valence-electron chi connectivity index (χ2n) is 3.99. The third-order valence-corrected chi connectivity index (χ3v) is 2.42. The minimum atomic E-state index is -0.971. The molecule has 0 aliphatic rings. The van der Waals surface area contributed by atoms with Gasteiger partial charge in [-0.15, -0.1) is 0 Å². The highest BCUT2D eigenvalue weighted by atomic mass is 16.5. The maximum absolute atomic E-state index is 11.7. The van der Waals surface area contributed by atoms with Gasteiger partial charge in [0.05, 0.1) is 12.6 Å². The number of carboxylic acids is 1. The van der Waals surface area contributed by atoms with Crippen LogP contribution in [0.2, 0.25) is 0 Å². The van der Waals surface area contributed by atoms with Gasteiger partial charge in [0, 0.05) is 18.2 Å². The Morgan fingerprint density at radius 3 is 2.84 bits per heavy atom. The molecule has 6 heteroatoms. The van der Waals surface area contributed by atoms with Crippen molar-refractivity contribution in [1.29, 1.82) is 0 Å². The van der Waals surface area contributed by atoms with Crippen molar-refractivity contribution in [1.82, 2.24) is 0 Å². The third-order valence-electron chi connectivity index (χ3n) is 2.42. The van der Waals surface area contributed by atoms with E-state index in [4.69, 9.17) is 15.6 Å². The highest BCUT2D eigenvalue weighted by Gasteiger charge is 2.15. The minimum Gasteiger partial charge on any atom is -0.494 e. The highest BCUT2D eigenvalue weighted by molar-refractivity contribution is 5.95. The maximum atomic E-state index is 11.7. The van der Waals surface area contributed by atoms with E-state index >= 15 is 0 Å². The van der Waals surface area contributed by atoms with E-state index in [0.29, 0.717) is 18.0 Å². The first-order valence-electron chi connectivity index (χ1n) is 6.04. The summed E-state index contributed by atoms with van der Waals surface area (Å²) in [5, 5.41) is 11.2. The van der Waals surface area contributed by atoms with E-state index in [1.807, 2.05) is 6.92 Å². The predicted octanol–water partition coefficient (Wildman–Crippen LogP) is 1.22. The molecule has 104 valence electrons. The number of carbonyl (C=O) groups excluding carboxylic acids is 1. The third kappa shape index (κ3) is 5.39. The molecule has 1 amide bonds. The fraction of sp³-hybridized carbons (Fsp3) is 0.385. The number of nitrogens with one attached hydrogen (secondary N) is 1. The van der Waals surface area contributed by atoms with Crippen LogP contribution in [0, 0.1) is 0 Å². The number of nitrogens with two attached hydrogens (primary N) is 1. The smallest absolute Gasteiger partial charge is 0.303 e. The zero-order valence-corrected chi connectivity index (χ0v) is 10.8. The number of anilines is 1. The molecule has 0 radical (unpaired) electrons. The molecule has 6 nitrogen and oxygen atoms in total. The van der Waals surface area contributed by atoms with Gasteiger partial charge in [-0.05, 0) is 25.5 Å². The van der Waals surface area contributed by atoms with E-state index in [9.17, 15) is 9.59 Å². The van der Waals surface area contributed by atoms with Crippen LogP contribution in [0.1, 0.15) is 19.8 Å². The van der Waals surface area contributed by atoms with Crippen LogP contribution in [0.4, 0.5) is 5.69 Å². The summed E-state index contributed by atoms with van der Waals surface area (Å²) in [5.41, 5.74) is 6.17. The van der Waals surface area contributed by atoms with Crippen molar-refractivity contribution < 1.29 is 19.4 Å². The SMILES string of the molecule is CCOc1cccc(NC(=O)C(N)CCC(=O)O)c1. The molecule has 0 aliphatic carbocycles. The lowest BCUT2D eigenvalue weighted by Gasteiger charge is -2.12. The first-order chi connectivity index (χ1) is 9.02. The molecule has 0 spiro atoms. The second-order valence-corrected chi connectivity index (χ2v) is 3.99. The highest BCUT2D eigenvalue weighted by Crippen LogP contribution is 2.17. The summed E-state index contributed by atoms with van der Waals surface area (Å²) < 4.78 is 5.31. The molecule has 1 rings (SSSR count). The standard InChI is InChI=1S/C13H18N2O4/c1-2-19-10-5-3-4-9(8-10)15-13(18)11(14)6-7-12(16)17/h3-5,8,11H,2,6-7,14H2,1H3,(H,15,18)(H,16,17). The van der Waals surface area contributed by atoms with E-state index in [1.54, 1.807) is 24.3 Å². The van der Waals surface area contributed by atoms with Crippen LogP contribution >= 0.6 is 0 Å². The Hall–Kier alpha value is -2.08. The maximum Gasteiger partial charge on any atom is 0.303 e. The van der Waals surface area contributed by atoms with Crippen molar-refractivity contribution in [2.75, 3.05) is 11.9 Å². The molecule has 0 heterocycles. The molecule has 1 atom stereocenters. The Morgan fingerprint density at radius 2 is 2.21 bits per heavy atom. The van der Waals surface area contributed by atoms with Gasteiger partial charge in [0.15, 0.2) is 0 Å². The van der Waals surface area contributed by atoms with Gasteiger partial charge in [0.2, 0.25) is 5.91 Å². The summed E-state index contributed by atoms with van der Waals surface area (Å²) >= 11 is 0. The summed E-state index contributed by atoms with van der Waals surface area (Å²) in [5.74, 6) is -0.726. The molecule has 0 aromatic heterocycles. The minimum absolute atomic E-state index is 0.103. The van der Waals surface area contributed by atoms with Gasteiger partial charge in [-0.25, -0.2) is 0 Å². The Labute approximate surface area is 111 Å². The van der Waals surface area contributed by atoms with Crippen LogP contribution in [0.25, 0.3) is 0 Å². The van der Waals surface area contributed by atoms with E-state index in [-0.39, 0.29) is 12.8 Å². The summed E-state index contributed by atoms with van der Waals surface area (Å²) in [4.78, 5) is 22.1. The average molecular weight is 266 g/mol. The summed E-state index contributed by atoms with van der Waals surface area (Å²) in [7, 11) is 0. The van der Waals surface area contributed by atoms with E-state index < -0.39 is 17.9 Å². The van der Waals surface area contributed by atoms with Crippen LogP contribution in [-0.4, -0.2) is 29.6 Å². The first-order valence-corrected chi connectivity index (χ1v) is 6.04. The molecule has 0 bridgehead atoms. The predicted molar refractivity (Wildman–Crippen MR) is 71.1 cm³/mol. The van der Waals surface area contributed by atoms with E-state index in [1.165, 1.54) is 0 Å². The molecule has 19 heavy (non-hydrogen) atoms. The van der Waals surface area contributed by atoms with Gasteiger partial charge in [0.1, 0.15) is 5.75 Å². The molecule has 0 saturated carbocycles. The number of carboxylic acid groups (broad SMARTS) is 1. The first kappa shape index (κ1) is 15.0. The Bertz CT molecular complexity index is 448. The van der Waals surface area contributed by atoms with Gasteiger partial charge in [-0.3, -0.25) is 9.59 Å². The molecule has 1 aromatic rings. The van der Waals surface area contributed by atoms with E-state index in [0.717, 1.165) is 0 Å². The lowest BCUT2D eigenvalue weighted by Crippen LogP contribution is -2.36. The number of rotatable bonds is 7. The van der Waals surface area contributed by atoms with Gasteiger partial charge >= 0.3 is 5.97 Å². The molecule has 4 N–H and O–H groups in total. The molecule has 0 aliphatic heterocycles. The summed E-state index contributed by atoms with van der Waals surface area (Å²) in [6.45, 7) is 2.41. The number of benzene rings is 1. The molecular weight excluding hydrogens is 248 g/mol. The number of ether oxygens (including phenoxy) is 1. The topological polar surface area (TPSA) is 102 Å². The average Bonchev–Trinajstić information content (AvgIpc) is 2.36. The molecule has 1 unspecified atom stereocenters. The van der Waals surface area contributed by atoms with Crippen molar-refractivity contribution in [3.05, 3.63) is 24.3 Å². The largest absolute Gasteiger partial charge is 0.494 e. The monoisotopic (exact) mass is 266 g/mol. The van der Waals surface area contributed by atoms with Crippen molar-refractivity contribution >= 4 is 17.6 Å². The lowest BCUT2D eigenvalue weighted by atomic mass is 10.1. The van der Waals surface area contributed by atoms with Gasteiger partial charge < -0.3 is 20.9 Å². The van der Waals surface area contributed by atoms with Crippen molar-refractivity contribution in [3.8, 4) is 5.75 Å². The quantitative estimate of drug-likeness (QED) is 0.688. The van der Waals surface area contributed by atoms with Crippen LogP contribution in [-0.2, 0) is 9.59 Å². The molecular formula is C13H18N2O4. The van der Waals surface area contributed by atoms with Gasteiger partial charge in [-0.2, -0.15) is 0 Å². The number of hydrogen-bond acceptors (Lipinski definition) is 4. The van der Waals surface area contributed by atoms with Crippen LogP contribution in [0.15, 0.2) is 24.3 Å². The van der Waals surface area contributed by atoms with Crippen molar-refractivity contribution in [3.63, 3.8) is 0 Å². The Balaban J connectivity index is 2.55. The van der Waals surface area contributed by atoms with Crippen LogP contribution < -0.4 is 15.8 Å². The van der Waals surface area contributed by atoms with Gasteiger partial charge in [0.25, 0.3) is 0 Å². The summed E-state index contributed by atoms with van der Waals surface area (Å²) in [6, 6.07) is 6.09. The second kappa shape index (κ2) is 7.38. The molecule has 1 aromatic carbocycles. The molecule has 0 saturated heterocycles. The van der Waals surface area contributed by atoms with Crippen LogP contribution in [0.5, 0.6) is 5.75 Å². The van der Waals surface area contributed by atoms with Gasteiger partial charge in [-0.1, -0.05) is 6.07 Å². The fourth-order valence-electron chi connectivity index (χ4n) is 1.48. The number of amides is 1. The van der Waals surface area contributed by atoms with Crippen molar-refractivity contribution in [2.45, 2.75) is 25.8 Å². The zero-order chi connectivity index (χ0) is 14.3. The zero-order valence-electron chi connectivity index (χ0n) is 10.8. The normalized spacial score (nSPS) is 11.7. The number of aliphatic carboxylic acids is 1. The number of hydrogen-bond donors (Lipinski definition) is 3. The van der Waals surface area contributed by atoms with E-state index in [2.05, 4.69) is 5.32 Å². The lowest BCUT2D eigenvalue weighted by molar-refractivity contribution is -0.137. The Kier molecular flexibility index (Phi) is 5.81. The van der Waals surface area contributed by atoms with Crippen LogP contribution in [0.3, 0.4) is 0 Å². The summed E-state index contributed by atoms with van der Waals surface area (Å²) in [6.07, 6.45) is -0.0279.